The Morgan fingerprint density at radius 1 is 1.19 bits per heavy atom. The average molecular weight is 511 g/mol. The molecule has 6 nitrogen and oxygen atoms in total. The van der Waals surface area contributed by atoms with Gasteiger partial charge in [-0.25, -0.2) is 4.79 Å². The lowest BCUT2D eigenvalue weighted by Crippen LogP contribution is -2.36. The zero-order valence-corrected chi connectivity index (χ0v) is 23.3. The minimum atomic E-state index is -0.990. The van der Waals surface area contributed by atoms with E-state index in [1.165, 1.54) is 5.56 Å². The quantitative estimate of drug-likeness (QED) is 0.369. The number of rotatable bonds is 5. The highest BCUT2D eigenvalue weighted by Crippen LogP contribution is 2.39. The number of methoxy groups -OCH3 is 1. The highest BCUT2D eigenvalue weighted by molar-refractivity contribution is 7.90. The van der Waals surface area contributed by atoms with Crippen molar-refractivity contribution in [3.63, 3.8) is 0 Å². The number of hydrogen-bond donors (Lipinski definition) is 0. The number of benzene rings is 2. The van der Waals surface area contributed by atoms with Gasteiger partial charge in [-0.15, -0.1) is 0 Å². The second-order valence-electron chi connectivity index (χ2n) is 10.9. The number of fused-ring (bicyclic) bond motifs is 1. The van der Waals surface area contributed by atoms with Crippen molar-refractivity contribution < 1.29 is 18.8 Å². The van der Waals surface area contributed by atoms with Crippen LogP contribution < -0.4 is 4.74 Å². The molecule has 0 amide bonds. The first-order valence-electron chi connectivity index (χ1n) is 12.6. The van der Waals surface area contributed by atoms with Crippen LogP contribution in [0.15, 0.2) is 47.5 Å². The number of aryl methyl sites for hydroxylation is 1. The zero-order chi connectivity index (χ0) is 26.2. The normalized spacial score (nSPS) is 19.9. The Bertz CT molecular complexity index is 1230. The summed E-state index contributed by atoms with van der Waals surface area (Å²) in [6.07, 6.45) is 5.32. The molecule has 0 saturated carbocycles. The largest absolute Gasteiger partial charge is 0.612 e. The van der Waals surface area contributed by atoms with E-state index in [1.807, 2.05) is 52.0 Å². The van der Waals surface area contributed by atoms with Crippen LogP contribution in [-0.2, 0) is 22.5 Å². The summed E-state index contributed by atoms with van der Waals surface area (Å²) in [5.74, 6) is 1.45. The maximum absolute atomic E-state index is 13.0. The molecule has 1 fully saturated rings. The minimum Gasteiger partial charge on any atom is -0.612 e. The SMILES string of the molecule is COc1cc(C)c2c(ccn2C(=O)OC(C)(C)C)c1CN1CC[C@@H](C)CC1c1ccc([S+](C)[O-])cc1. The fourth-order valence-corrected chi connectivity index (χ4v) is 5.70. The van der Waals surface area contributed by atoms with E-state index in [0.717, 1.165) is 52.1 Å². The summed E-state index contributed by atoms with van der Waals surface area (Å²) in [5.41, 5.74) is 3.56. The molecule has 7 heteroatoms. The van der Waals surface area contributed by atoms with Crippen LogP contribution >= 0.6 is 0 Å². The molecule has 1 aromatic heterocycles. The van der Waals surface area contributed by atoms with E-state index in [1.54, 1.807) is 24.1 Å². The van der Waals surface area contributed by atoms with Gasteiger partial charge in [0, 0.05) is 29.7 Å². The van der Waals surface area contributed by atoms with Crippen molar-refractivity contribution in [3.8, 4) is 5.75 Å². The van der Waals surface area contributed by atoms with Crippen molar-refractivity contribution in [2.45, 2.75) is 70.5 Å². The lowest BCUT2D eigenvalue weighted by molar-refractivity contribution is 0.0544. The molecule has 1 saturated heterocycles. The molecular weight excluding hydrogens is 472 g/mol. The molecule has 4 rings (SSSR count). The summed E-state index contributed by atoms with van der Waals surface area (Å²) in [4.78, 5) is 16.3. The second kappa shape index (κ2) is 10.5. The number of hydrogen-bond acceptors (Lipinski definition) is 5. The van der Waals surface area contributed by atoms with Crippen LogP contribution in [0.25, 0.3) is 10.9 Å². The molecule has 3 atom stereocenters. The first kappa shape index (κ1) is 26.6. The molecular formula is C29H38N2O4S. The number of ether oxygens (including phenoxy) is 2. The van der Waals surface area contributed by atoms with Crippen LogP contribution in [0.2, 0.25) is 0 Å². The molecule has 0 N–H and O–H groups in total. The van der Waals surface area contributed by atoms with E-state index in [0.29, 0.717) is 12.5 Å². The molecule has 2 aromatic carbocycles. The van der Waals surface area contributed by atoms with Crippen LogP contribution in [0, 0.1) is 12.8 Å². The maximum atomic E-state index is 13.0. The molecule has 2 heterocycles. The molecule has 0 spiro atoms. The summed E-state index contributed by atoms with van der Waals surface area (Å²) < 4.78 is 25.0. The molecule has 1 aliphatic heterocycles. The Hall–Kier alpha value is -2.48. The first-order chi connectivity index (χ1) is 17.0. The Kier molecular flexibility index (Phi) is 7.74. The monoisotopic (exact) mass is 510 g/mol. The van der Waals surface area contributed by atoms with Gasteiger partial charge >= 0.3 is 6.09 Å². The Morgan fingerprint density at radius 3 is 2.50 bits per heavy atom. The third-order valence-corrected chi connectivity index (χ3v) is 7.91. The molecule has 194 valence electrons. The van der Waals surface area contributed by atoms with Crippen molar-refractivity contribution in [1.82, 2.24) is 9.47 Å². The van der Waals surface area contributed by atoms with Crippen LogP contribution in [0.5, 0.6) is 5.75 Å². The van der Waals surface area contributed by atoms with E-state index in [-0.39, 0.29) is 12.1 Å². The van der Waals surface area contributed by atoms with E-state index in [4.69, 9.17) is 9.47 Å². The Morgan fingerprint density at radius 2 is 1.89 bits per heavy atom. The Labute approximate surface area is 217 Å². The van der Waals surface area contributed by atoms with Gasteiger partial charge in [0.2, 0.25) is 0 Å². The lowest BCUT2D eigenvalue weighted by atomic mass is 9.87. The predicted molar refractivity (Wildman–Crippen MR) is 145 cm³/mol. The summed E-state index contributed by atoms with van der Waals surface area (Å²) in [5, 5.41) is 1.01. The van der Waals surface area contributed by atoms with Gasteiger partial charge in [-0.05, 0) is 99.6 Å². The van der Waals surface area contributed by atoms with E-state index in [9.17, 15) is 9.35 Å². The van der Waals surface area contributed by atoms with Gasteiger partial charge in [0.05, 0.1) is 12.6 Å². The van der Waals surface area contributed by atoms with Gasteiger partial charge < -0.3 is 14.0 Å². The number of likely N-dealkylation sites (tertiary alicyclic amines) is 1. The highest BCUT2D eigenvalue weighted by atomic mass is 32.2. The average Bonchev–Trinajstić information content (AvgIpc) is 3.27. The van der Waals surface area contributed by atoms with Gasteiger partial charge in [0.25, 0.3) is 0 Å². The standard InChI is InChI=1S/C29H38N2O4S/c1-19-12-14-30(25(16-19)21-8-10-22(11-9-21)36(7)33)18-24-23-13-15-31(28(32)35-29(3,4)5)27(23)20(2)17-26(24)34-6/h8-11,13,15,17,19,25H,12,14,16,18H2,1-7H3/t19-,25?,36?/m1/s1. The van der Waals surface area contributed by atoms with Crippen LogP contribution in [0.1, 0.15) is 63.3 Å². The summed E-state index contributed by atoms with van der Waals surface area (Å²) in [6, 6.07) is 12.5. The summed E-state index contributed by atoms with van der Waals surface area (Å²) in [7, 11) is 1.70. The van der Waals surface area contributed by atoms with Crippen LogP contribution in [-0.4, -0.2) is 45.6 Å². The van der Waals surface area contributed by atoms with Gasteiger partial charge in [-0.3, -0.25) is 9.47 Å². The van der Waals surface area contributed by atoms with E-state index in [2.05, 4.69) is 24.0 Å². The topological polar surface area (TPSA) is 66.8 Å². The molecule has 1 aliphatic rings. The van der Waals surface area contributed by atoms with E-state index < -0.39 is 16.8 Å². The van der Waals surface area contributed by atoms with E-state index >= 15 is 0 Å². The fourth-order valence-electron chi connectivity index (χ4n) is 5.18. The summed E-state index contributed by atoms with van der Waals surface area (Å²) in [6.45, 7) is 11.6. The van der Waals surface area contributed by atoms with Gasteiger partial charge in [-0.1, -0.05) is 19.1 Å². The van der Waals surface area contributed by atoms with Crippen molar-refractivity contribution in [2.75, 3.05) is 19.9 Å². The second-order valence-corrected chi connectivity index (χ2v) is 12.3. The Balaban J connectivity index is 1.73. The number of piperidine rings is 1. The van der Waals surface area contributed by atoms with Gasteiger partial charge in [0.1, 0.15) is 17.6 Å². The number of nitrogens with zero attached hydrogens (tertiary/aromatic N) is 2. The highest BCUT2D eigenvalue weighted by Gasteiger charge is 2.30. The zero-order valence-electron chi connectivity index (χ0n) is 22.5. The number of aromatic nitrogens is 1. The smallest absolute Gasteiger partial charge is 0.419 e. The molecule has 0 aliphatic carbocycles. The third kappa shape index (κ3) is 5.58. The number of carbonyl (C=O) groups excluding carboxylic acids is 1. The third-order valence-electron chi connectivity index (χ3n) is 6.97. The molecule has 36 heavy (non-hydrogen) atoms. The lowest BCUT2D eigenvalue weighted by Gasteiger charge is -2.39. The fraction of sp³-hybridized carbons (Fsp3) is 0.483. The maximum Gasteiger partial charge on any atom is 0.419 e. The minimum absolute atomic E-state index is 0.252. The number of carbonyl (C=O) groups is 1. The van der Waals surface area contributed by atoms with Crippen molar-refractivity contribution in [1.29, 1.82) is 0 Å². The van der Waals surface area contributed by atoms with Crippen LogP contribution in [0.3, 0.4) is 0 Å². The molecule has 3 aromatic rings. The van der Waals surface area contributed by atoms with Crippen molar-refractivity contribution in [3.05, 3.63) is 59.3 Å². The van der Waals surface area contributed by atoms with Gasteiger partial charge in [-0.2, -0.15) is 0 Å². The summed E-state index contributed by atoms with van der Waals surface area (Å²) >= 11 is -0.990. The van der Waals surface area contributed by atoms with Crippen LogP contribution in [0.4, 0.5) is 4.79 Å². The van der Waals surface area contributed by atoms with Gasteiger partial charge in [0.15, 0.2) is 4.90 Å². The first-order valence-corrected chi connectivity index (χ1v) is 14.1. The molecule has 0 bridgehead atoms. The van der Waals surface area contributed by atoms with Crippen molar-refractivity contribution in [2.24, 2.45) is 5.92 Å². The molecule has 2 unspecified atom stereocenters. The van der Waals surface area contributed by atoms with Crippen molar-refractivity contribution >= 4 is 28.2 Å². The molecule has 0 radical (unpaired) electrons. The predicted octanol–water partition coefficient (Wildman–Crippen LogP) is 6.45.